The van der Waals surface area contributed by atoms with E-state index in [1.807, 2.05) is 0 Å². The molecular formula is C21H20ClN7O4. The molecule has 33 heavy (non-hydrogen) atoms. The minimum atomic E-state index is -1.37. The predicted molar refractivity (Wildman–Crippen MR) is 118 cm³/mol. The van der Waals surface area contributed by atoms with E-state index in [2.05, 4.69) is 26.2 Å². The molecule has 1 atom stereocenters. The van der Waals surface area contributed by atoms with E-state index < -0.39 is 29.9 Å². The van der Waals surface area contributed by atoms with Crippen molar-refractivity contribution in [2.75, 3.05) is 19.0 Å². The number of hydrogen-bond acceptors (Lipinski definition) is 7. The zero-order chi connectivity index (χ0) is 23.8. The number of imide groups is 1. The van der Waals surface area contributed by atoms with Gasteiger partial charge in [0, 0.05) is 11.1 Å². The summed E-state index contributed by atoms with van der Waals surface area (Å²) < 4.78 is 6.68. The Hall–Kier alpha value is -3.99. The van der Waals surface area contributed by atoms with Gasteiger partial charge in [-0.25, -0.2) is 9.48 Å². The van der Waals surface area contributed by atoms with Crippen molar-refractivity contribution >= 4 is 35.1 Å². The van der Waals surface area contributed by atoms with Gasteiger partial charge >= 0.3 is 6.03 Å². The Bertz CT molecular complexity index is 1250. The molecule has 11 nitrogen and oxygen atoms in total. The number of nitrogens with zero attached hydrogens (tertiary/aromatic N) is 5. The number of aryl methyl sites for hydroxylation is 1. The Morgan fingerprint density at radius 1 is 1.27 bits per heavy atom. The molecule has 170 valence electrons. The van der Waals surface area contributed by atoms with Crippen molar-refractivity contribution in [1.29, 1.82) is 0 Å². The monoisotopic (exact) mass is 469 g/mol. The minimum Gasteiger partial charge on any atom is -0.495 e. The first-order valence-electron chi connectivity index (χ1n) is 9.85. The summed E-state index contributed by atoms with van der Waals surface area (Å²) in [5.41, 5.74) is 0.885. The summed E-state index contributed by atoms with van der Waals surface area (Å²) in [5, 5.41) is 16.9. The van der Waals surface area contributed by atoms with Gasteiger partial charge in [-0.15, -0.1) is 5.10 Å². The van der Waals surface area contributed by atoms with Crippen LogP contribution in [0.15, 0.2) is 42.7 Å². The van der Waals surface area contributed by atoms with Crippen LogP contribution >= 0.6 is 11.6 Å². The Morgan fingerprint density at radius 2 is 2.06 bits per heavy atom. The van der Waals surface area contributed by atoms with Crippen molar-refractivity contribution in [3.05, 3.63) is 58.9 Å². The molecule has 1 saturated heterocycles. The van der Waals surface area contributed by atoms with Gasteiger partial charge in [0.1, 0.15) is 24.2 Å². The third-order valence-corrected chi connectivity index (χ3v) is 5.78. The lowest BCUT2D eigenvalue weighted by atomic mass is 9.91. The van der Waals surface area contributed by atoms with Crippen LogP contribution in [0, 0.1) is 6.92 Å². The molecule has 12 heteroatoms. The van der Waals surface area contributed by atoms with Crippen molar-refractivity contribution < 1.29 is 19.1 Å². The molecule has 4 amide bonds. The summed E-state index contributed by atoms with van der Waals surface area (Å²) >= 11 is 6.10. The van der Waals surface area contributed by atoms with Crippen LogP contribution in [0.5, 0.6) is 5.75 Å². The number of carbonyl (C=O) groups excluding carboxylic acids is 3. The van der Waals surface area contributed by atoms with Crippen LogP contribution in [0.25, 0.3) is 5.69 Å². The van der Waals surface area contributed by atoms with Crippen LogP contribution in [-0.2, 0) is 15.1 Å². The summed E-state index contributed by atoms with van der Waals surface area (Å²) in [7, 11) is 1.45. The number of amides is 4. The van der Waals surface area contributed by atoms with Crippen molar-refractivity contribution in [2.24, 2.45) is 0 Å². The van der Waals surface area contributed by atoms with E-state index in [-0.39, 0.29) is 0 Å². The summed E-state index contributed by atoms with van der Waals surface area (Å²) in [6.45, 7) is 2.89. The third-order valence-electron chi connectivity index (χ3n) is 5.37. The van der Waals surface area contributed by atoms with E-state index in [9.17, 15) is 14.4 Å². The molecular weight excluding hydrogens is 450 g/mol. The summed E-state index contributed by atoms with van der Waals surface area (Å²) in [4.78, 5) is 39.4. The minimum absolute atomic E-state index is 0.361. The summed E-state index contributed by atoms with van der Waals surface area (Å²) in [6, 6.07) is 9.44. The third kappa shape index (κ3) is 4.10. The van der Waals surface area contributed by atoms with Gasteiger partial charge in [-0.05, 0) is 53.6 Å². The van der Waals surface area contributed by atoms with Gasteiger partial charge in [0.15, 0.2) is 0 Å². The molecule has 1 aliphatic rings. The van der Waals surface area contributed by atoms with Crippen LogP contribution in [0.4, 0.5) is 10.5 Å². The number of carbonyl (C=O) groups is 3. The second-order valence-corrected chi connectivity index (χ2v) is 8.01. The molecule has 1 aromatic heterocycles. The second kappa shape index (κ2) is 8.51. The molecule has 0 bridgehead atoms. The van der Waals surface area contributed by atoms with Gasteiger partial charge < -0.3 is 15.4 Å². The molecule has 0 aliphatic carbocycles. The van der Waals surface area contributed by atoms with Gasteiger partial charge in [-0.3, -0.25) is 14.5 Å². The number of anilines is 1. The first-order valence-corrected chi connectivity index (χ1v) is 10.2. The lowest BCUT2D eigenvalue weighted by Gasteiger charge is -2.22. The van der Waals surface area contributed by atoms with Crippen molar-refractivity contribution in [3.63, 3.8) is 0 Å². The van der Waals surface area contributed by atoms with Crippen LogP contribution in [-0.4, -0.2) is 56.6 Å². The van der Waals surface area contributed by atoms with E-state index in [1.54, 1.807) is 50.2 Å². The Kier molecular flexibility index (Phi) is 5.73. The van der Waals surface area contributed by atoms with Crippen LogP contribution in [0.1, 0.15) is 18.1 Å². The Labute approximate surface area is 193 Å². The number of rotatable bonds is 6. The van der Waals surface area contributed by atoms with E-state index >= 15 is 0 Å². The van der Waals surface area contributed by atoms with Crippen molar-refractivity contribution in [2.45, 2.75) is 19.4 Å². The maximum Gasteiger partial charge on any atom is 0.325 e. The van der Waals surface area contributed by atoms with Crippen LogP contribution in [0.3, 0.4) is 0 Å². The first kappa shape index (κ1) is 22.2. The molecule has 1 unspecified atom stereocenters. The lowest BCUT2D eigenvalue weighted by molar-refractivity contribution is -0.133. The second-order valence-electron chi connectivity index (χ2n) is 7.60. The van der Waals surface area contributed by atoms with E-state index in [1.165, 1.54) is 18.1 Å². The lowest BCUT2D eigenvalue weighted by Crippen LogP contribution is -2.42. The quantitative estimate of drug-likeness (QED) is 0.528. The average molecular weight is 470 g/mol. The smallest absolute Gasteiger partial charge is 0.325 e. The largest absolute Gasteiger partial charge is 0.495 e. The Balaban J connectivity index is 1.54. The number of methoxy groups -OCH3 is 1. The number of hydrogen-bond donors (Lipinski definition) is 2. The maximum absolute atomic E-state index is 13.2. The van der Waals surface area contributed by atoms with E-state index in [4.69, 9.17) is 16.3 Å². The van der Waals surface area contributed by atoms with Gasteiger partial charge in [0.05, 0.1) is 18.5 Å². The maximum atomic E-state index is 13.2. The summed E-state index contributed by atoms with van der Waals surface area (Å²) in [5.74, 6) is -0.763. The topological polar surface area (TPSA) is 131 Å². The highest BCUT2D eigenvalue weighted by Crippen LogP contribution is 2.32. The number of nitrogens with one attached hydrogen (secondary N) is 2. The molecule has 0 spiro atoms. The van der Waals surface area contributed by atoms with Gasteiger partial charge in [-0.1, -0.05) is 23.7 Å². The number of aromatic nitrogens is 4. The SMILES string of the molecule is COc1cc(Cl)c(C)cc1NC(=O)CN1C(=O)NC(C)(c2cccc(-n3cnnn3)c2)C1=O. The number of tetrazole rings is 1. The van der Waals surface area contributed by atoms with Crippen LogP contribution < -0.4 is 15.4 Å². The predicted octanol–water partition coefficient (Wildman–Crippen LogP) is 2.04. The van der Waals surface area contributed by atoms with Crippen LogP contribution in [0.2, 0.25) is 5.02 Å². The summed E-state index contributed by atoms with van der Waals surface area (Å²) in [6.07, 6.45) is 1.42. The fourth-order valence-electron chi connectivity index (χ4n) is 3.54. The highest BCUT2D eigenvalue weighted by atomic mass is 35.5. The standard InChI is InChI=1S/C21H20ClN7O4/c1-12-7-16(17(33-3)9-15(12)22)24-18(30)10-28-19(31)21(2,25-20(28)32)13-5-4-6-14(8-13)29-11-23-26-27-29/h4-9,11H,10H2,1-3H3,(H,24,30)(H,25,32). The molecule has 2 N–H and O–H groups in total. The highest BCUT2D eigenvalue weighted by Gasteiger charge is 2.49. The van der Waals surface area contributed by atoms with Gasteiger partial charge in [0.2, 0.25) is 5.91 Å². The van der Waals surface area contributed by atoms with Crippen molar-refractivity contribution in [1.82, 2.24) is 30.4 Å². The molecule has 0 saturated carbocycles. The molecule has 2 aromatic carbocycles. The fraction of sp³-hybridized carbons (Fsp3) is 0.238. The average Bonchev–Trinajstić information content (AvgIpc) is 3.40. The number of halogens is 1. The van der Waals surface area contributed by atoms with Crippen molar-refractivity contribution in [3.8, 4) is 11.4 Å². The molecule has 3 aromatic rings. The van der Waals surface area contributed by atoms with E-state index in [0.717, 1.165) is 10.5 Å². The number of benzene rings is 2. The first-order chi connectivity index (χ1) is 15.7. The van der Waals surface area contributed by atoms with Gasteiger partial charge in [-0.2, -0.15) is 0 Å². The highest BCUT2D eigenvalue weighted by molar-refractivity contribution is 6.31. The molecule has 0 radical (unpaired) electrons. The zero-order valence-corrected chi connectivity index (χ0v) is 18.8. The van der Waals surface area contributed by atoms with E-state index in [0.29, 0.717) is 27.7 Å². The molecule has 2 heterocycles. The Morgan fingerprint density at radius 3 is 2.76 bits per heavy atom. The number of ether oxygens (including phenoxy) is 1. The molecule has 4 rings (SSSR count). The fourth-order valence-corrected chi connectivity index (χ4v) is 3.69. The molecule has 1 fully saturated rings. The normalized spacial score (nSPS) is 17.8. The molecule has 1 aliphatic heterocycles. The number of urea groups is 1. The zero-order valence-electron chi connectivity index (χ0n) is 18.0. The van der Waals surface area contributed by atoms with Gasteiger partial charge in [0.25, 0.3) is 5.91 Å².